The van der Waals surface area contributed by atoms with Crippen LogP contribution in [0.25, 0.3) is 0 Å². The van der Waals surface area contributed by atoms with Gasteiger partial charge in [-0.25, -0.2) is 0 Å². The molecule has 0 aliphatic heterocycles. The van der Waals surface area contributed by atoms with Gasteiger partial charge in [-0.3, -0.25) is 4.79 Å². The van der Waals surface area contributed by atoms with Gasteiger partial charge in [0.1, 0.15) is 0 Å². The standard InChI is InChI=1S/C23H26N2OS/c26-23(22-14-8-16-27-22)25(20-11-5-2-6-12-20)18-21-13-7-15-24(21)17-19-9-3-1-4-10-19/h1,3-4,7-10,13-16,20H,2,5-6,11-12,17-18H2. The lowest BCUT2D eigenvalue weighted by Gasteiger charge is -2.34. The number of benzene rings is 1. The third-order valence-corrected chi connectivity index (χ3v) is 6.32. The normalized spacial score (nSPS) is 15.0. The Labute approximate surface area is 165 Å². The Morgan fingerprint density at radius 2 is 1.81 bits per heavy atom. The van der Waals surface area contributed by atoms with Crippen molar-refractivity contribution >= 4 is 17.2 Å². The average molecular weight is 379 g/mol. The lowest BCUT2D eigenvalue weighted by Crippen LogP contribution is -2.41. The fourth-order valence-electron chi connectivity index (χ4n) is 4.00. The maximum atomic E-state index is 13.2. The Balaban J connectivity index is 1.56. The molecule has 140 valence electrons. The molecule has 0 N–H and O–H groups in total. The van der Waals surface area contributed by atoms with Crippen LogP contribution in [0.15, 0.2) is 66.2 Å². The Kier molecular flexibility index (Phi) is 5.73. The molecule has 3 nitrogen and oxygen atoms in total. The fraction of sp³-hybridized carbons (Fsp3) is 0.348. The highest BCUT2D eigenvalue weighted by atomic mass is 32.1. The van der Waals surface area contributed by atoms with E-state index in [-0.39, 0.29) is 5.91 Å². The maximum absolute atomic E-state index is 13.2. The van der Waals surface area contributed by atoms with Crippen molar-refractivity contribution in [2.24, 2.45) is 0 Å². The highest BCUT2D eigenvalue weighted by Gasteiger charge is 2.27. The van der Waals surface area contributed by atoms with E-state index < -0.39 is 0 Å². The number of carbonyl (C=O) groups is 1. The minimum absolute atomic E-state index is 0.185. The van der Waals surface area contributed by atoms with Crippen molar-refractivity contribution in [1.82, 2.24) is 9.47 Å². The maximum Gasteiger partial charge on any atom is 0.264 e. The van der Waals surface area contributed by atoms with Gasteiger partial charge in [0.15, 0.2) is 0 Å². The molecule has 27 heavy (non-hydrogen) atoms. The monoisotopic (exact) mass is 378 g/mol. The van der Waals surface area contributed by atoms with E-state index in [2.05, 4.69) is 52.1 Å². The Bertz CT molecular complexity index is 848. The molecule has 0 bridgehead atoms. The van der Waals surface area contributed by atoms with Gasteiger partial charge in [0.2, 0.25) is 0 Å². The van der Waals surface area contributed by atoms with Crippen molar-refractivity contribution in [1.29, 1.82) is 0 Å². The SMILES string of the molecule is O=C(c1cccs1)N(Cc1cccn1Cc1ccccc1)C1CCCCC1. The molecule has 3 aromatic rings. The molecule has 1 saturated carbocycles. The van der Waals surface area contributed by atoms with Crippen molar-refractivity contribution in [2.75, 3.05) is 0 Å². The fourth-order valence-corrected chi connectivity index (χ4v) is 4.68. The van der Waals surface area contributed by atoms with Crippen LogP contribution in [0.2, 0.25) is 0 Å². The topological polar surface area (TPSA) is 25.2 Å². The molecule has 1 aliphatic carbocycles. The van der Waals surface area contributed by atoms with Gasteiger partial charge in [-0.05, 0) is 42.0 Å². The molecule has 0 saturated heterocycles. The van der Waals surface area contributed by atoms with Gasteiger partial charge in [0.05, 0.1) is 11.4 Å². The predicted molar refractivity (Wildman–Crippen MR) is 111 cm³/mol. The number of aromatic nitrogens is 1. The summed E-state index contributed by atoms with van der Waals surface area (Å²) in [6.45, 7) is 1.52. The molecular formula is C23H26N2OS. The van der Waals surface area contributed by atoms with Crippen LogP contribution < -0.4 is 0 Å². The first-order valence-electron chi connectivity index (χ1n) is 9.83. The number of rotatable bonds is 6. The summed E-state index contributed by atoms with van der Waals surface area (Å²) < 4.78 is 2.27. The summed E-state index contributed by atoms with van der Waals surface area (Å²) in [6.07, 6.45) is 8.11. The summed E-state index contributed by atoms with van der Waals surface area (Å²) in [5.41, 5.74) is 2.48. The molecule has 2 aromatic heterocycles. The van der Waals surface area contributed by atoms with Crippen molar-refractivity contribution in [3.63, 3.8) is 0 Å². The first-order chi connectivity index (χ1) is 13.3. The Morgan fingerprint density at radius 3 is 2.56 bits per heavy atom. The zero-order chi connectivity index (χ0) is 18.5. The summed E-state index contributed by atoms with van der Waals surface area (Å²) in [6, 6.07) is 19.0. The van der Waals surface area contributed by atoms with E-state index in [9.17, 15) is 4.79 Å². The summed E-state index contributed by atoms with van der Waals surface area (Å²) in [7, 11) is 0. The second-order valence-electron chi connectivity index (χ2n) is 7.32. The van der Waals surface area contributed by atoms with Gasteiger partial charge in [0.25, 0.3) is 5.91 Å². The zero-order valence-corrected chi connectivity index (χ0v) is 16.4. The lowest BCUT2D eigenvalue weighted by atomic mass is 9.94. The van der Waals surface area contributed by atoms with Gasteiger partial charge in [-0.15, -0.1) is 11.3 Å². The molecule has 1 amide bonds. The number of hydrogen-bond donors (Lipinski definition) is 0. The molecule has 0 radical (unpaired) electrons. The van der Waals surface area contributed by atoms with E-state index in [4.69, 9.17) is 0 Å². The first-order valence-corrected chi connectivity index (χ1v) is 10.7. The van der Waals surface area contributed by atoms with E-state index in [1.165, 1.54) is 30.5 Å². The van der Waals surface area contributed by atoms with E-state index >= 15 is 0 Å². The molecule has 0 atom stereocenters. The summed E-state index contributed by atoms with van der Waals surface area (Å²) in [5, 5.41) is 1.99. The number of thiophene rings is 1. The van der Waals surface area contributed by atoms with Crippen LogP contribution >= 0.6 is 11.3 Å². The van der Waals surface area contributed by atoms with Crippen LogP contribution in [-0.4, -0.2) is 21.4 Å². The number of nitrogens with zero attached hydrogens (tertiary/aromatic N) is 2. The molecule has 0 spiro atoms. The van der Waals surface area contributed by atoms with Gasteiger partial charge in [-0.1, -0.05) is 55.7 Å². The summed E-state index contributed by atoms with van der Waals surface area (Å²) in [4.78, 5) is 16.2. The first kappa shape index (κ1) is 18.1. The van der Waals surface area contributed by atoms with Gasteiger partial charge in [-0.2, -0.15) is 0 Å². The van der Waals surface area contributed by atoms with Crippen LogP contribution in [0, 0.1) is 0 Å². The molecule has 4 rings (SSSR count). The van der Waals surface area contributed by atoms with E-state index in [0.29, 0.717) is 12.6 Å². The molecule has 2 heterocycles. The second kappa shape index (κ2) is 8.57. The summed E-state index contributed by atoms with van der Waals surface area (Å²) in [5.74, 6) is 0.185. The Hall–Kier alpha value is -2.33. The third kappa shape index (κ3) is 4.33. The van der Waals surface area contributed by atoms with Crippen LogP contribution in [0.5, 0.6) is 0 Å². The minimum atomic E-state index is 0.185. The highest BCUT2D eigenvalue weighted by molar-refractivity contribution is 7.12. The van der Waals surface area contributed by atoms with Crippen molar-refractivity contribution in [2.45, 2.75) is 51.2 Å². The van der Waals surface area contributed by atoms with Crippen LogP contribution in [-0.2, 0) is 13.1 Å². The van der Waals surface area contributed by atoms with E-state index in [1.54, 1.807) is 11.3 Å². The molecule has 1 aliphatic rings. The summed E-state index contributed by atoms with van der Waals surface area (Å²) >= 11 is 1.54. The number of hydrogen-bond acceptors (Lipinski definition) is 2. The van der Waals surface area contributed by atoms with Gasteiger partial charge >= 0.3 is 0 Å². The number of amides is 1. The Morgan fingerprint density at radius 1 is 1.00 bits per heavy atom. The predicted octanol–water partition coefficient (Wildman–Crippen LogP) is 5.57. The molecule has 1 fully saturated rings. The largest absolute Gasteiger partial charge is 0.345 e. The van der Waals surface area contributed by atoms with Crippen molar-refractivity contribution in [3.05, 3.63) is 82.3 Å². The minimum Gasteiger partial charge on any atom is -0.345 e. The highest BCUT2D eigenvalue weighted by Crippen LogP contribution is 2.27. The van der Waals surface area contributed by atoms with Crippen molar-refractivity contribution in [3.8, 4) is 0 Å². The zero-order valence-electron chi connectivity index (χ0n) is 15.6. The van der Waals surface area contributed by atoms with Crippen LogP contribution in [0.4, 0.5) is 0 Å². The molecular weight excluding hydrogens is 352 g/mol. The van der Waals surface area contributed by atoms with E-state index in [0.717, 1.165) is 24.3 Å². The smallest absolute Gasteiger partial charge is 0.264 e. The van der Waals surface area contributed by atoms with Crippen LogP contribution in [0.1, 0.15) is 53.0 Å². The third-order valence-electron chi connectivity index (χ3n) is 5.46. The molecule has 0 unspecified atom stereocenters. The molecule has 1 aromatic carbocycles. The average Bonchev–Trinajstić information content (AvgIpc) is 3.40. The number of carbonyl (C=O) groups excluding carboxylic acids is 1. The quantitative estimate of drug-likeness (QED) is 0.550. The molecule has 4 heteroatoms. The van der Waals surface area contributed by atoms with Gasteiger partial charge in [0, 0.05) is 24.5 Å². The lowest BCUT2D eigenvalue weighted by molar-refractivity contribution is 0.0614. The van der Waals surface area contributed by atoms with Crippen molar-refractivity contribution < 1.29 is 4.79 Å². The van der Waals surface area contributed by atoms with E-state index in [1.807, 2.05) is 23.6 Å². The van der Waals surface area contributed by atoms with Gasteiger partial charge < -0.3 is 9.47 Å². The second-order valence-corrected chi connectivity index (χ2v) is 8.26. The van der Waals surface area contributed by atoms with Crippen LogP contribution in [0.3, 0.4) is 0 Å².